The van der Waals surface area contributed by atoms with Crippen molar-refractivity contribution < 1.29 is 20.1 Å². The van der Waals surface area contributed by atoms with Gasteiger partial charge in [-0.05, 0) is 24.3 Å². The van der Waals surface area contributed by atoms with Crippen LogP contribution in [0.25, 0.3) is 10.2 Å². The Kier molecular flexibility index (Phi) is 3.82. The highest BCUT2D eigenvalue weighted by Gasteiger charge is 2.12. The summed E-state index contributed by atoms with van der Waals surface area (Å²) in [5.41, 5.74) is 3.17. The number of carbonyl (C=O) groups excluding carboxylic acids is 1. The van der Waals surface area contributed by atoms with Crippen LogP contribution in [0.1, 0.15) is 15.4 Å². The maximum atomic E-state index is 12.0. The van der Waals surface area contributed by atoms with Crippen molar-refractivity contribution in [2.24, 2.45) is 5.10 Å². The Morgan fingerprint density at radius 2 is 1.91 bits per heavy atom. The fourth-order valence-electron chi connectivity index (χ4n) is 1.87. The van der Waals surface area contributed by atoms with Gasteiger partial charge in [0.2, 0.25) is 5.75 Å². The molecule has 0 radical (unpaired) electrons. The molecule has 1 aromatic heterocycles. The molecule has 1 amide bonds. The normalized spacial score (nSPS) is 11.1. The fraction of sp³-hybridized carbons (Fsp3) is 0. The highest BCUT2D eigenvalue weighted by molar-refractivity contribution is 7.20. The molecule has 0 aliphatic rings. The Morgan fingerprint density at radius 3 is 2.70 bits per heavy atom. The number of carbonyl (C=O) groups is 1. The van der Waals surface area contributed by atoms with Crippen LogP contribution in [0.5, 0.6) is 17.2 Å². The van der Waals surface area contributed by atoms with Crippen molar-refractivity contribution >= 4 is 33.7 Å². The molecular formula is C15H11N3O4S. The van der Waals surface area contributed by atoms with Crippen molar-refractivity contribution in [2.45, 2.75) is 0 Å². The number of hydrogen-bond acceptors (Lipinski definition) is 7. The molecule has 0 spiro atoms. The average Bonchev–Trinajstić information content (AvgIpc) is 2.99. The quantitative estimate of drug-likeness (QED) is 0.334. The second-order valence-electron chi connectivity index (χ2n) is 4.56. The maximum absolute atomic E-state index is 12.0. The molecule has 1 heterocycles. The van der Waals surface area contributed by atoms with Crippen LogP contribution in [0.4, 0.5) is 0 Å². The minimum atomic E-state index is -0.647. The molecule has 0 saturated carbocycles. The molecule has 0 fully saturated rings. The number of nitrogens with one attached hydrogen (secondary N) is 1. The lowest BCUT2D eigenvalue weighted by molar-refractivity contribution is 0.0955. The lowest BCUT2D eigenvalue weighted by Gasteiger charge is -2.03. The predicted octanol–water partition coefficient (Wildman–Crippen LogP) is 2.18. The molecular weight excluding hydrogens is 318 g/mol. The SMILES string of the molecule is O=C(N/N=C/c1ccc(O)c(O)c1O)c1nc2ccccc2s1. The van der Waals surface area contributed by atoms with Crippen LogP contribution in [-0.4, -0.2) is 32.4 Å². The van der Waals surface area contributed by atoms with Crippen LogP contribution >= 0.6 is 11.3 Å². The van der Waals surface area contributed by atoms with Crippen LogP contribution in [0.2, 0.25) is 0 Å². The van der Waals surface area contributed by atoms with E-state index in [2.05, 4.69) is 15.5 Å². The van der Waals surface area contributed by atoms with E-state index in [1.54, 1.807) is 0 Å². The first-order valence-electron chi connectivity index (χ1n) is 6.49. The van der Waals surface area contributed by atoms with Gasteiger partial charge in [-0.15, -0.1) is 11.3 Å². The number of para-hydroxylation sites is 1. The van der Waals surface area contributed by atoms with Gasteiger partial charge in [0, 0.05) is 5.56 Å². The summed E-state index contributed by atoms with van der Waals surface area (Å²) in [4.78, 5) is 16.2. The summed E-state index contributed by atoms with van der Waals surface area (Å²) in [6.07, 6.45) is 1.15. The van der Waals surface area contributed by atoms with Gasteiger partial charge < -0.3 is 15.3 Å². The van der Waals surface area contributed by atoms with Gasteiger partial charge in [0.15, 0.2) is 16.5 Å². The zero-order valence-corrected chi connectivity index (χ0v) is 12.4. The topological polar surface area (TPSA) is 115 Å². The fourth-order valence-corrected chi connectivity index (χ4v) is 2.72. The number of fused-ring (bicyclic) bond motifs is 1. The van der Waals surface area contributed by atoms with Gasteiger partial charge in [-0.1, -0.05) is 12.1 Å². The van der Waals surface area contributed by atoms with Crippen LogP contribution in [0.3, 0.4) is 0 Å². The zero-order chi connectivity index (χ0) is 16.4. The van der Waals surface area contributed by atoms with Crippen molar-refractivity contribution in [1.29, 1.82) is 0 Å². The second kappa shape index (κ2) is 5.93. The Balaban J connectivity index is 1.75. The van der Waals surface area contributed by atoms with Gasteiger partial charge in [0.1, 0.15) is 0 Å². The molecule has 0 aliphatic heterocycles. The molecule has 0 aliphatic carbocycles. The van der Waals surface area contributed by atoms with Crippen molar-refractivity contribution in [3.05, 3.63) is 47.0 Å². The summed E-state index contributed by atoms with van der Waals surface area (Å²) in [5, 5.41) is 32.2. The third kappa shape index (κ3) is 2.92. The zero-order valence-electron chi connectivity index (χ0n) is 11.6. The van der Waals surface area contributed by atoms with Gasteiger partial charge in [0.25, 0.3) is 5.91 Å². The molecule has 3 rings (SSSR count). The number of hydrogen-bond donors (Lipinski definition) is 4. The number of phenolic OH excluding ortho intramolecular Hbond substituents is 3. The number of phenols is 3. The standard InChI is InChI=1S/C15H11N3O4S/c19-10-6-5-8(12(20)13(10)21)7-16-18-14(22)15-17-9-3-1-2-4-11(9)23-15/h1-7,19-21H,(H,18,22)/b16-7+. The molecule has 116 valence electrons. The van der Waals surface area contributed by atoms with E-state index in [0.29, 0.717) is 0 Å². The molecule has 3 aromatic rings. The Morgan fingerprint density at radius 1 is 1.13 bits per heavy atom. The summed E-state index contributed by atoms with van der Waals surface area (Å²) >= 11 is 1.24. The number of rotatable bonds is 3. The number of benzene rings is 2. The number of aromatic hydroxyl groups is 3. The number of aromatic nitrogens is 1. The largest absolute Gasteiger partial charge is 0.504 e. The van der Waals surface area contributed by atoms with E-state index in [-0.39, 0.29) is 10.6 Å². The summed E-state index contributed by atoms with van der Waals surface area (Å²) in [6.45, 7) is 0. The van der Waals surface area contributed by atoms with Gasteiger partial charge in [-0.3, -0.25) is 4.79 Å². The van der Waals surface area contributed by atoms with E-state index >= 15 is 0 Å². The highest BCUT2D eigenvalue weighted by Crippen LogP contribution is 2.36. The predicted molar refractivity (Wildman–Crippen MR) is 86.1 cm³/mol. The van der Waals surface area contributed by atoms with Crippen LogP contribution < -0.4 is 5.43 Å². The third-order valence-corrected chi connectivity index (χ3v) is 4.05. The van der Waals surface area contributed by atoms with Gasteiger partial charge >= 0.3 is 0 Å². The van der Waals surface area contributed by atoms with E-state index in [0.717, 1.165) is 16.4 Å². The molecule has 23 heavy (non-hydrogen) atoms. The molecule has 0 atom stereocenters. The summed E-state index contributed by atoms with van der Waals surface area (Å²) in [6, 6.07) is 9.92. The molecule has 0 unspecified atom stereocenters. The number of amides is 1. The second-order valence-corrected chi connectivity index (χ2v) is 5.59. The van der Waals surface area contributed by atoms with Gasteiger partial charge in [-0.25, -0.2) is 10.4 Å². The van der Waals surface area contributed by atoms with Gasteiger partial charge in [0.05, 0.1) is 16.4 Å². The first-order chi connectivity index (χ1) is 11.1. The van der Waals surface area contributed by atoms with Crippen LogP contribution in [0, 0.1) is 0 Å². The lowest BCUT2D eigenvalue weighted by Crippen LogP contribution is -2.17. The molecule has 8 heteroatoms. The van der Waals surface area contributed by atoms with Crippen molar-refractivity contribution in [3.8, 4) is 17.2 Å². The monoisotopic (exact) mass is 329 g/mol. The average molecular weight is 329 g/mol. The van der Waals surface area contributed by atoms with E-state index in [1.165, 1.54) is 23.5 Å². The molecule has 4 N–H and O–H groups in total. The molecule has 7 nitrogen and oxygen atoms in total. The van der Waals surface area contributed by atoms with E-state index in [4.69, 9.17) is 0 Å². The minimum Gasteiger partial charge on any atom is -0.504 e. The number of nitrogens with zero attached hydrogens (tertiary/aromatic N) is 2. The Hall–Kier alpha value is -3.13. The van der Waals surface area contributed by atoms with E-state index in [9.17, 15) is 20.1 Å². The first-order valence-corrected chi connectivity index (χ1v) is 7.31. The van der Waals surface area contributed by atoms with Crippen LogP contribution in [-0.2, 0) is 0 Å². The van der Waals surface area contributed by atoms with Crippen molar-refractivity contribution in [1.82, 2.24) is 10.4 Å². The van der Waals surface area contributed by atoms with E-state index in [1.807, 2.05) is 24.3 Å². The smallest absolute Gasteiger partial charge is 0.300 e. The lowest BCUT2D eigenvalue weighted by atomic mass is 10.2. The van der Waals surface area contributed by atoms with E-state index < -0.39 is 23.2 Å². The minimum absolute atomic E-state index is 0.143. The third-order valence-electron chi connectivity index (χ3n) is 3.02. The Labute approximate surface area is 134 Å². The first kappa shape index (κ1) is 14.8. The van der Waals surface area contributed by atoms with Crippen molar-refractivity contribution in [3.63, 3.8) is 0 Å². The molecule has 0 bridgehead atoms. The van der Waals surface area contributed by atoms with Crippen LogP contribution in [0.15, 0.2) is 41.5 Å². The number of thiazole rings is 1. The number of hydrazone groups is 1. The summed E-state index contributed by atoms with van der Waals surface area (Å²) in [7, 11) is 0. The maximum Gasteiger partial charge on any atom is 0.300 e. The summed E-state index contributed by atoms with van der Waals surface area (Å²) < 4.78 is 0.891. The highest BCUT2D eigenvalue weighted by atomic mass is 32.1. The summed E-state index contributed by atoms with van der Waals surface area (Å²) in [5.74, 6) is -2.10. The molecule has 2 aromatic carbocycles. The Bertz CT molecular complexity index is 887. The molecule has 0 saturated heterocycles. The van der Waals surface area contributed by atoms with Gasteiger partial charge in [-0.2, -0.15) is 5.10 Å². The van der Waals surface area contributed by atoms with Crippen molar-refractivity contribution in [2.75, 3.05) is 0 Å².